The van der Waals surface area contributed by atoms with Gasteiger partial charge in [-0.3, -0.25) is 0 Å². The monoisotopic (exact) mass is 275 g/mol. The Morgan fingerprint density at radius 3 is 2.56 bits per heavy atom. The molecule has 98 valence electrons. The van der Waals surface area contributed by atoms with Crippen LogP contribution in [0, 0.1) is 11.6 Å². The molecule has 0 fully saturated rings. The number of benzene rings is 1. The first-order chi connectivity index (χ1) is 8.09. The quantitative estimate of drug-likeness (QED) is 0.872. The lowest BCUT2D eigenvalue weighted by Crippen LogP contribution is -2.20. The summed E-state index contributed by atoms with van der Waals surface area (Å²) in [6.07, 6.45) is 2.38. The van der Waals surface area contributed by atoms with Crippen LogP contribution in [0.1, 0.15) is 22.3 Å². The zero-order valence-corrected chi connectivity index (χ0v) is 10.2. The smallest absolute Gasteiger partial charge is 0.338 e. The van der Waals surface area contributed by atoms with Crippen LogP contribution in [0.25, 0.3) is 5.57 Å². The normalized spacial score (nSPS) is 14.7. The van der Waals surface area contributed by atoms with E-state index in [1.807, 2.05) is 0 Å². The van der Waals surface area contributed by atoms with Gasteiger partial charge in [0.25, 0.3) is 0 Å². The molecular weight excluding hydrogens is 264 g/mol. The molecule has 0 aromatic heterocycles. The molecule has 0 unspecified atom stereocenters. The maximum Gasteiger partial charge on any atom is 0.338 e. The minimum absolute atomic E-state index is 0. The van der Waals surface area contributed by atoms with E-state index in [-0.39, 0.29) is 18.0 Å². The maximum absolute atomic E-state index is 13.7. The van der Waals surface area contributed by atoms with Gasteiger partial charge in [0.15, 0.2) is 0 Å². The molecule has 1 heterocycles. The van der Waals surface area contributed by atoms with Crippen molar-refractivity contribution < 1.29 is 18.7 Å². The second-order valence-corrected chi connectivity index (χ2v) is 3.80. The van der Waals surface area contributed by atoms with Crippen molar-refractivity contribution in [1.29, 1.82) is 0 Å². The third kappa shape index (κ3) is 2.86. The van der Waals surface area contributed by atoms with Crippen LogP contribution < -0.4 is 5.32 Å². The molecule has 1 aromatic rings. The molecule has 1 aliphatic rings. The molecule has 2 N–H and O–H groups in total. The molecule has 2 rings (SSSR count). The van der Waals surface area contributed by atoms with Crippen LogP contribution in [0.3, 0.4) is 0 Å². The summed E-state index contributed by atoms with van der Waals surface area (Å²) in [7, 11) is 0. The Balaban J connectivity index is 0.00000162. The van der Waals surface area contributed by atoms with Gasteiger partial charge in [0.2, 0.25) is 0 Å². The van der Waals surface area contributed by atoms with Gasteiger partial charge in [-0.25, -0.2) is 13.6 Å². The molecule has 0 bridgehead atoms. The van der Waals surface area contributed by atoms with Crippen molar-refractivity contribution in [1.82, 2.24) is 5.32 Å². The van der Waals surface area contributed by atoms with E-state index >= 15 is 0 Å². The summed E-state index contributed by atoms with van der Waals surface area (Å²) < 4.78 is 27.1. The summed E-state index contributed by atoms with van der Waals surface area (Å²) in [6.45, 7) is 1.31. The van der Waals surface area contributed by atoms with Crippen molar-refractivity contribution in [3.63, 3.8) is 0 Å². The van der Waals surface area contributed by atoms with Gasteiger partial charge in [0, 0.05) is 12.1 Å². The van der Waals surface area contributed by atoms with Crippen LogP contribution in [-0.4, -0.2) is 24.2 Å². The standard InChI is InChI=1S/C12H11F2NO2.ClH/c13-10-6-9(12(16)17)11(14)5-8(10)7-1-3-15-4-2-7;/h1,5-6,15H,2-4H2,(H,16,17);1H. The van der Waals surface area contributed by atoms with Gasteiger partial charge in [-0.1, -0.05) is 6.08 Å². The van der Waals surface area contributed by atoms with E-state index in [2.05, 4.69) is 5.32 Å². The van der Waals surface area contributed by atoms with E-state index in [0.717, 1.165) is 12.1 Å². The first kappa shape index (κ1) is 14.6. The fourth-order valence-corrected chi connectivity index (χ4v) is 1.82. The van der Waals surface area contributed by atoms with Crippen molar-refractivity contribution in [2.45, 2.75) is 6.42 Å². The molecule has 0 saturated carbocycles. The van der Waals surface area contributed by atoms with E-state index in [1.165, 1.54) is 0 Å². The Bertz CT molecular complexity index is 503. The molecule has 1 aliphatic heterocycles. The van der Waals surface area contributed by atoms with Crippen LogP contribution in [0.4, 0.5) is 8.78 Å². The number of carboxylic acid groups (broad SMARTS) is 1. The van der Waals surface area contributed by atoms with Crippen molar-refractivity contribution in [2.75, 3.05) is 13.1 Å². The van der Waals surface area contributed by atoms with Crippen LogP contribution in [0.2, 0.25) is 0 Å². The van der Waals surface area contributed by atoms with E-state index in [0.29, 0.717) is 25.1 Å². The molecule has 0 aliphatic carbocycles. The van der Waals surface area contributed by atoms with Crippen molar-refractivity contribution >= 4 is 23.9 Å². The van der Waals surface area contributed by atoms with E-state index in [4.69, 9.17) is 5.11 Å². The lowest BCUT2D eigenvalue weighted by Gasteiger charge is -2.15. The number of hydrogen-bond donors (Lipinski definition) is 2. The Morgan fingerprint density at radius 1 is 1.28 bits per heavy atom. The predicted molar refractivity (Wildman–Crippen MR) is 66.0 cm³/mol. The fourth-order valence-electron chi connectivity index (χ4n) is 1.82. The lowest BCUT2D eigenvalue weighted by molar-refractivity contribution is 0.0691. The number of hydrogen-bond acceptors (Lipinski definition) is 2. The summed E-state index contributed by atoms with van der Waals surface area (Å²) in [5.41, 5.74) is 0.215. The van der Waals surface area contributed by atoms with E-state index in [1.54, 1.807) is 6.08 Å². The predicted octanol–water partition coefficient (Wildman–Crippen LogP) is 2.46. The zero-order valence-electron chi connectivity index (χ0n) is 9.37. The highest BCUT2D eigenvalue weighted by molar-refractivity contribution is 5.88. The third-order valence-electron chi connectivity index (χ3n) is 2.70. The Morgan fingerprint density at radius 2 is 2.00 bits per heavy atom. The second kappa shape index (κ2) is 5.93. The molecule has 3 nitrogen and oxygen atoms in total. The summed E-state index contributed by atoms with van der Waals surface area (Å²) >= 11 is 0. The van der Waals surface area contributed by atoms with Gasteiger partial charge in [-0.05, 0) is 30.7 Å². The number of halogens is 3. The summed E-state index contributed by atoms with van der Waals surface area (Å²) in [5, 5.41) is 11.7. The fraction of sp³-hybridized carbons (Fsp3) is 0.250. The van der Waals surface area contributed by atoms with Gasteiger partial charge in [0.1, 0.15) is 11.6 Å². The molecule has 0 radical (unpaired) electrons. The minimum atomic E-state index is -1.47. The van der Waals surface area contributed by atoms with Gasteiger partial charge in [-0.2, -0.15) is 0 Å². The van der Waals surface area contributed by atoms with Crippen molar-refractivity contribution in [3.05, 3.63) is 41.0 Å². The highest BCUT2D eigenvalue weighted by Crippen LogP contribution is 2.25. The molecule has 18 heavy (non-hydrogen) atoms. The molecule has 0 saturated heterocycles. The van der Waals surface area contributed by atoms with Crippen molar-refractivity contribution in [3.8, 4) is 0 Å². The van der Waals surface area contributed by atoms with Crippen LogP contribution in [0.5, 0.6) is 0 Å². The average Bonchev–Trinajstić information content (AvgIpc) is 2.32. The number of rotatable bonds is 2. The summed E-state index contributed by atoms with van der Waals surface area (Å²) in [6, 6.07) is 1.69. The number of nitrogens with one attached hydrogen (secondary N) is 1. The van der Waals surface area contributed by atoms with E-state index < -0.39 is 23.2 Å². The highest BCUT2D eigenvalue weighted by Gasteiger charge is 2.17. The zero-order chi connectivity index (χ0) is 12.4. The van der Waals surface area contributed by atoms with Gasteiger partial charge in [-0.15, -0.1) is 12.4 Å². The largest absolute Gasteiger partial charge is 0.478 e. The Hall–Kier alpha value is -1.46. The maximum atomic E-state index is 13.7. The van der Waals surface area contributed by atoms with Crippen molar-refractivity contribution in [2.24, 2.45) is 0 Å². The molecule has 0 amide bonds. The Kier molecular flexibility index (Phi) is 4.81. The summed E-state index contributed by atoms with van der Waals surface area (Å²) in [5.74, 6) is -3.07. The Labute approximate surface area is 109 Å². The van der Waals surface area contributed by atoms with Crippen LogP contribution in [-0.2, 0) is 0 Å². The molecule has 1 aromatic carbocycles. The average molecular weight is 276 g/mol. The van der Waals surface area contributed by atoms with Gasteiger partial charge >= 0.3 is 5.97 Å². The summed E-state index contributed by atoms with van der Waals surface area (Å²) in [4.78, 5) is 10.6. The molecule has 6 heteroatoms. The van der Waals surface area contributed by atoms with E-state index in [9.17, 15) is 13.6 Å². The second-order valence-electron chi connectivity index (χ2n) is 3.80. The number of aromatic carboxylic acids is 1. The first-order valence-electron chi connectivity index (χ1n) is 5.22. The van der Waals surface area contributed by atoms with Gasteiger partial charge < -0.3 is 10.4 Å². The van der Waals surface area contributed by atoms with Crippen LogP contribution in [0.15, 0.2) is 18.2 Å². The number of carboxylic acids is 1. The van der Waals surface area contributed by atoms with Gasteiger partial charge in [0.05, 0.1) is 5.56 Å². The molecule has 0 atom stereocenters. The SMILES string of the molecule is Cl.O=C(O)c1cc(F)c(C2=CCNCC2)cc1F. The highest BCUT2D eigenvalue weighted by atomic mass is 35.5. The number of carbonyl (C=O) groups is 1. The third-order valence-corrected chi connectivity index (χ3v) is 2.70. The van der Waals surface area contributed by atoms with Crippen LogP contribution >= 0.6 is 12.4 Å². The molecular formula is C12H12ClF2NO2. The lowest BCUT2D eigenvalue weighted by atomic mass is 9.98. The minimum Gasteiger partial charge on any atom is -0.478 e. The first-order valence-corrected chi connectivity index (χ1v) is 5.22. The topological polar surface area (TPSA) is 49.3 Å². The molecule has 0 spiro atoms.